The van der Waals surface area contributed by atoms with Crippen molar-refractivity contribution in [1.29, 1.82) is 0 Å². The van der Waals surface area contributed by atoms with Gasteiger partial charge >= 0.3 is 0 Å². The molecule has 126 valence electrons. The van der Waals surface area contributed by atoms with Crippen LogP contribution >= 0.6 is 27.5 Å². The van der Waals surface area contributed by atoms with Crippen LogP contribution in [0, 0.1) is 0 Å². The third-order valence-corrected chi connectivity index (χ3v) is 4.56. The standard InChI is InChI=1S/C16H13BrClN7/c1-24-12(6-7-21-24)11-5-3-2-4-10(11)8-19-14-15-20-9-13(17)25(15)23-16(18)22-14/h2-7,9H,8H2,1H3,(H,19,22,23). The van der Waals surface area contributed by atoms with Crippen LogP contribution in [0.25, 0.3) is 16.9 Å². The third-order valence-electron chi connectivity index (χ3n) is 3.86. The third kappa shape index (κ3) is 2.98. The molecule has 1 aromatic carbocycles. The lowest BCUT2D eigenvalue weighted by atomic mass is 10.0. The second-order valence-corrected chi connectivity index (χ2v) is 6.55. The fourth-order valence-electron chi connectivity index (χ4n) is 2.69. The fourth-order valence-corrected chi connectivity index (χ4v) is 3.20. The van der Waals surface area contributed by atoms with E-state index in [1.807, 2.05) is 29.9 Å². The molecule has 0 radical (unpaired) electrons. The Labute approximate surface area is 156 Å². The minimum absolute atomic E-state index is 0.147. The van der Waals surface area contributed by atoms with Gasteiger partial charge in [0.25, 0.3) is 0 Å². The Hall–Kier alpha value is -2.45. The van der Waals surface area contributed by atoms with Crippen LogP contribution in [0.3, 0.4) is 0 Å². The van der Waals surface area contributed by atoms with Crippen molar-refractivity contribution < 1.29 is 0 Å². The van der Waals surface area contributed by atoms with Crippen LogP contribution in [-0.4, -0.2) is 29.4 Å². The van der Waals surface area contributed by atoms with E-state index in [2.05, 4.69) is 53.5 Å². The molecule has 0 spiro atoms. The molecule has 4 rings (SSSR count). The number of halogens is 2. The molecule has 0 saturated heterocycles. The Bertz CT molecular complexity index is 1060. The number of anilines is 1. The Morgan fingerprint density at radius 1 is 1.24 bits per heavy atom. The Kier molecular flexibility index (Phi) is 4.14. The van der Waals surface area contributed by atoms with Crippen molar-refractivity contribution in [3.05, 3.63) is 58.2 Å². The van der Waals surface area contributed by atoms with E-state index >= 15 is 0 Å². The molecule has 1 N–H and O–H groups in total. The highest BCUT2D eigenvalue weighted by Gasteiger charge is 2.13. The summed E-state index contributed by atoms with van der Waals surface area (Å²) in [5.74, 6) is 0.575. The van der Waals surface area contributed by atoms with Gasteiger partial charge in [0.15, 0.2) is 11.5 Å². The maximum Gasteiger partial charge on any atom is 0.243 e. The van der Waals surface area contributed by atoms with Gasteiger partial charge in [-0.25, -0.2) is 9.50 Å². The first-order valence-electron chi connectivity index (χ1n) is 7.50. The van der Waals surface area contributed by atoms with E-state index in [-0.39, 0.29) is 5.28 Å². The van der Waals surface area contributed by atoms with E-state index in [4.69, 9.17) is 11.6 Å². The molecule has 9 heteroatoms. The smallest absolute Gasteiger partial charge is 0.243 e. The molecular weight excluding hydrogens is 406 g/mol. The van der Waals surface area contributed by atoms with E-state index in [0.29, 0.717) is 22.6 Å². The van der Waals surface area contributed by atoms with E-state index in [9.17, 15) is 0 Å². The molecule has 25 heavy (non-hydrogen) atoms. The number of fused-ring (bicyclic) bond motifs is 1. The van der Waals surface area contributed by atoms with Crippen LogP contribution in [0.2, 0.25) is 5.28 Å². The molecule has 0 bridgehead atoms. The summed E-state index contributed by atoms with van der Waals surface area (Å²) < 4.78 is 4.17. The largest absolute Gasteiger partial charge is 0.363 e. The zero-order chi connectivity index (χ0) is 17.4. The minimum atomic E-state index is 0.147. The average molecular weight is 419 g/mol. The second kappa shape index (κ2) is 6.45. The lowest BCUT2D eigenvalue weighted by Crippen LogP contribution is -2.07. The van der Waals surface area contributed by atoms with Gasteiger partial charge in [0, 0.05) is 25.4 Å². The molecule has 4 aromatic rings. The Balaban J connectivity index is 1.68. The second-order valence-electron chi connectivity index (χ2n) is 5.40. The molecule has 0 amide bonds. The highest BCUT2D eigenvalue weighted by Crippen LogP contribution is 2.25. The topological polar surface area (TPSA) is 72.9 Å². The SMILES string of the molecule is Cn1nccc1-c1ccccc1CNc1nc(Cl)nn2c(Br)cnc12. The summed E-state index contributed by atoms with van der Waals surface area (Å²) in [6, 6.07) is 10.1. The van der Waals surface area contributed by atoms with E-state index in [1.165, 1.54) is 0 Å². The van der Waals surface area contributed by atoms with Gasteiger partial charge in [-0.15, -0.1) is 5.10 Å². The number of nitrogens with zero attached hydrogens (tertiary/aromatic N) is 6. The number of nitrogens with one attached hydrogen (secondary N) is 1. The normalized spacial score (nSPS) is 11.2. The van der Waals surface area contributed by atoms with Gasteiger partial charge < -0.3 is 5.32 Å². The van der Waals surface area contributed by atoms with E-state index in [1.54, 1.807) is 16.9 Å². The van der Waals surface area contributed by atoms with Crippen LogP contribution in [0.5, 0.6) is 0 Å². The molecule has 0 fully saturated rings. The van der Waals surface area contributed by atoms with Crippen molar-refractivity contribution >= 4 is 39.0 Å². The first-order valence-corrected chi connectivity index (χ1v) is 8.67. The van der Waals surface area contributed by atoms with Crippen LogP contribution in [0.1, 0.15) is 5.56 Å². The van der Waals surface area contributed by atoms with Gasteiger partial charge in [0.1, 0.15) is 4.60 Å². The minimum Gasteiger partial charge on any atom is -0.363 e. The Morgan fingerprint density at radius 2 is 2.08 bits per heavy atom. The Morgan fingerprint density at radius 3 is 2.88 bits per heavy atom. The zero-order valence-electron chi connectivity index (χ0n) is 13.2. The predicted octanol–water partition coefficient (Wildman–Crippen LogP) is 3.55. The van der Waals surface area contributed by atoms with Crippen LogP contribution < -0.4 is 5.32 Å². The summed E-state index contributed by atoms with van der Waals surface area (Å²) >= 11 is 9.42. The van der Waals surface area contributed by atoms with Crippen LogP contribution in [0.4, 0.5) is 5.82 Å². The summed E-state index contributed by atoms with van der Waals surface area (Å²) in [5, 5.41) is 11.8. The number of hydrogen-bond donors (Lipinski definition) is 1. The summed E-state index contributed by atoms with van der Waals surface area (Å²) in [4.78, 5) is 8.58. The molecule has 0 aliphatic carbocycles. The number of aryl methyl sites for hydroxylation is 1. The average Bonchev–Trinajstić information content (AvgIpc) is 3.19. The molecule has 0 aliphatic rings. The summed E-state index contributed by atoms with van der Waals surface area (Å²) in [6.45, 7) is 0.564. The van der Waals surface area contributed by atoms with Crippen molar-refractivity contribution in [2.45, 2.75) is 6.54 Å². The van der Waals surface area contributed by atoms with Crippen LogP contribution in [-0.2, 0) is 13.6 Å². The van der Waals surface area contributed by atoms with Gasteiger partial charge in [-0.1, -0.05) is 24.3 Å². The lowest BCUT2D eigenvalue weighted by molar-refractivity contribution is 0.775. The fraction of sp³-hybridized carbons (Fsp3) is 0.125. The molecule has 7 nitrogen and oxygen atoms in total. The molecule has 3 aromatic heterocycles. The summed E-state index contributed by atoms with van der Waals surface area (Å²) in [5.41, 5.74) is 3.88. The van der Waals surface area contributed by atoms with Crippen molar-refractivity contribution in [3.8, 4) is 11.3 Å². The van der Waals surface area contributed by atoms with Crippen molar-refractivity contribution in [1.82, 2.24) is 29.4 Å². The molecular formula is C16H13BrClN7. The first kappa shape index (κ1) is 16.0. The number of benzene rings is 1. The predicted molar refractivity (Wildman–Crippen MR) is 99.5 cm³/mol. The molecule has 0 aliphatic heterocycles. The monoisotopic (exact) mass is 417 g/mol. The first-order chi connectivity index (χ1) is 12.1. The van der Waals surface area contributed by atoms with Gasteiger partial charge in [-0.3, -0.25) is 4.68 Å². The molecule has 0 saturated carbocycles. The highest BCUT2D eigenvalue weighted by atomic mass is 79.9. The number of rotatable bonds is 4. The highest BCUT2D eigenvalue weighted by molar-refractivity contribution is 9.10. The summed E-state index contributed by atoms with van der Waals surface area (Å²) in [6.07, 6.45) is 3.45. The molecule has 0 unspecified atom stereocenters. The van der Waals surface area contributed by atoms with Gasteiger partial charge in [-0.05, 0) is 39.2 Å². The lowest BCUT2D eigenvalue weighted by Gasteiger charge is -2.12. The maximum absolute atomic E-state index is 6.02. The van der Waals surface area contributed by atoms with Crippen LogP contribution in [0.15, 0.2) is 47.3 Å². The van der Waals surface area contributed by atoms with E-state index in [0.717, 1.165) is 16.8 Å². The van der Waals surface area contributed by atoms with Gasteiger partial charge in [-0.2, -0.15) is 10.1 Å². The van der Waals surface area contributed by atoms with Gasteiger partial charge in [0.2, 0.25) is 5.28 Å². The van der Waals surface area contributed by atoms with Gasteiger partial charge in [0.05, 0.1) is 11.9 Å². The number of hydrogen-bond acceptors (Lipinski definition) is 5. The quantitative estimate of drug-likeness (QED) is 0.549. The maximum atomic E-state index is 6.02. The van der Waals surface area contributed by atoms with E-state index < -0.39 is 0 Å². The van der Waals surface area contributed by atoms with Crippen molar-refractivity contribution in [2.24, 2.45) is 7.05 Å². The van der Waals surface area contributed by atoms with Crippen molar-refractivity contribution in [2.75, 3.05) is 5.32 Å². The zero-order valence-corrected chi connectivity index (χ0v) is 15.5. The number of imidazole rings is 1. The summed E-state index contributed by atoms with van der Waals surface area (Å²) in [7, 11) is 1.93. The number of aromatic nitrogens is 6. The molecule has 0 atom stereocenters. The molecule has 3 heterocycles. The van der Waals surface area contributed by atoms with Crippen molar-refractivity contribution in [3.63, 3.8) is 0 Å².